The number of aryl methyl sites for hydroxylation is 1. The number of hydrogen-bond acceptors (Lipinski definition) is 4. The van der Waals surface area contributed by atoms with Crippen molar-refractivity contribution in [1.29, 1.82) is 0 Å². The minimum absolute atomic E-state index is 0.105. The summed E-state index contributed by atoms with van der Waals surface area (Å²) in [6, 6.07) is -0.688. The highest BCUT2D eigenvalue weighted by Crippen LogP contribution is 2.07. The molecule has 0 bridgehead atoms. The molecular formula is C15H26N6O2. The zero-order chi connectivity index (χ0) is 17.0. The van der Waals surface area contributed by atoms with Crippen LogP contribution in [0.2, 0.25) is 0 Å². The summed E-state index contributed by atoms with van der Waals surface area (Å²) >= 11 is 0. The Kier molecular flexibility index (Phi) is 5.59. The van der Waals surface area contributed by atoms with Crippen LogP contribution in [0.25, 0.3) is 0 Å². The Bertz CT molecular complexity index is 548. The molecule has 1 aliphatic heterocycles. The number of urea groups is 1. The second kappa shape index (κ2) is 7.45. The van der Waals surface area contributed by atoms with Gasteiger partial charge in [-0.1, -0.05) is 0 Å². The summed E-state index contributed by atoms with van der Waals surface area (Å²) in [6.45, 7) is 5.40. The average molecular weight is 322 g/mol. The molecule has 0 saturated carbocycles. The molecule has 0 aromatic carbocycles. The molecule has 8 nitrogen and oxygen atoms in total. The minimum atomic E-state index is -0.511. The first-order valence-electron chi connectivity index (χ1n) is 7.83. The quantitative estimate of drug-likeness (QED) is 0.828. The third-order valence-electron chi connectivity index (χ3n) is 4.10. The summed E-state index contributed by atoms with van der Waals surface area (Å²) in [5.41, 5.74) is 0. The molecule has 2 rings (SSSR count). The van der Waals surface area contributed by atoms with Crippen LogP contribution >= 0.6 is 0 Å². The Labute approximate surface area is 137 Å². The molecule has 1 atom stereocenters. The van der Waals surface area contributed by atoms with Gasteiger partial charge >= 0.3 is 6.03 Å². The van der Waals surface area contributed by atoms with E-state index in [1.807, 2.05) is 17.8 Å². The van der Waals surface area contributed by atoms with Gasteiger partial charge in [0.15, 0.2) is 0 Å². The van der Waals surface area contributed by atoms with Crippen molar-refractivity contribution in [1.82, 2.24) is 29.6 Å². The summed E-state index contributed by atoms with van der Waals surface area (Å²) in [5, 5.41) is 2.76. The Balaban J connectivity index is 1.78. The molecule has 1 N–H and O–H groups in total. The van der Waals surface area contributed by atoms with E-state index in [2.05, 4.69) is 15.2 Å². The number of carbonyl (C=O) groups excluding carboxylic acids is 2. The number of likely N-dealkylation sites (N-methyl/N-ethyl adjacent to an activating group) is 1. The van der Waals surface area contributed by atoms with Crippen molar-refractivity contribution in [3.8, 4) is 0 Å². The summed E-state index contributed by atoms with van der Waals surface area (Å²) in [6.07, 6.45) is 3.73. The number of carbonyl (C=O) groups is 2. The molecule has 0 spiro atoms. The van der Waals surface area contributed by atoms with Gasteiger partial charge in [0, 0.05) is 59.7 Å². The molecule has 1 aromatic heterocycles. The van der Waals surface area contributed by atoms with Crippen molar-refractivity contribution in [2.75, 3.05) is 40.3 Å². The third kappa shape index (κ3) is 4.44. The number of piperazine rings is 1. The first-order valence-corrected chi connectivity index (χ1v) is 7.83. The number of amides is 3. The van der Waals surface area contributed by atoms with E-state index in [1.165, 1.54) is 4.90 Å². The van der Waals surface area contributed by atoms with E-state index in [4.69, 9.17) is 0 Å². The molecule has 1 unspecified atom stereocenters. The maximum Gasteiger partial charge on any atom is 0.318 e. The van der Waals surface area contributed by atoms with Gasteiger partial charge in [-0.15, -0.1) is 0 Å². The Morgan fingerprint density at radius 1 is 1.30 bits per heavy atom. The molecule has 2 heterocycles. The Hall–Kier alpha value is -2.09. The van der Waals surface area contributed by atoms with E-state index in [0.717, 1.165) is 25.5 Å². The molecule has 1 aliphatic rings. The van der Waals surface area contributed by atoms with Gasteiger partial charge < -0.3 is 19.7 Å². The van der Waals surface area contributed by atoms with E-state index in [9.17, 15) is 9.59 Å². The van der Waals surface area contributed by atoms with Gasteiger partial charge in [-0.2, -0.15) is 0 Å². The van der Waals surface area contributed by atoms with Crippen molar-refractivity contribution in [2.45, 2.75) is 19.5 Å². The minimum Gasteiger partial charge on any atom is -0.347 e. The number of nitrogens with zero attached hydrogens (tertiary/aromatic N) is 5. The molecule has 0 aliphatic carbocycles. The Morgan fingerprint density at radius 3 is 2.48 bits per heavy atom. The van der Waals surface area contributed by atoms with Crippen LogP contribution in [-0.4, -0.2) is 82.5 Å². The van der Waals surface area contributed by atoms with Gasteiger partial charge in [0.05, 0.1) is 6.54 Å². The average Bonchev–Trinajstić information content (AvgIpc) is 2.92. The maximum absolute atomic E-state index is 12.2. The third-order valence-corrected chi connectivity index (χ3v) is 4.10. The lowest BCUT2D eigenvalue weighted by atomic mass is 10.3. The van der Waals surface area contributed by atoms with Crippen LogP contribution in [0.1, 0.15) is 12.7 Å². The van der Waals surface area contributed by atoms with Crippen molar-refractivity contribution in [3.63, 3.8) is 0 Å². The predicted octanol–water partition coefficient (Wildman–Crippen LogP) is -0.276. The number of nitrogens with one attached hydrogen (secondary N) is 1. The zero-order valence-corrected chi connectivity index (χ0v) is 14.3. The molecule has 3 amide bonds. The standard InChI is InChI=1S/C15H26N6O2/c1-12(14(22)18(2)3)17-15(23)21-9-7-20(8-10-21)11-13-16-5-6-19(13)4/h5-6,12H,7-11H2,1-4H3,(H,17,23). The number of rotatable bonds is 4. The summed E-state index contributed by atoms with van der Waals surface area (Å²) in [5.74, 6) is 0.917. The Morgan fingerprint density at radius 2 is 1.96 bits per heavy atom. The van der Waals surface area contributed by atoms with Gasteiger partial charge in [0.2, 0.25) is 5.91 Å². The van der Waals surface area contributed by atoms with Crippen molar-refractivity contribution >= 4 is 11.9 Å². The topological polar surface area (TPSA) is 73.7 Å². The second-order valence-corrected chi connectivity index (χ2v) is 6.12. The first kappa shape index (κ1) is 17.3. The van der Waals surface area contributed by atoms with Crippen molar-refractivity contribution < 1.29 is 9.59 Å². The lowest BCUT2D eigenvalue weighted by molar-refractivity contribution is -0.130. The summed E-state index contributed by atoms with van der Waals surface area (Å²) in [4.78, 5) is 33.9. The molecule has 23 heavy (non-hydrogen) atoms. The van der Waals surface area contributed by atoms with Crippen LogP contribution in [0.4, 0.5) is 4.79 Å². The maximum atomic E-state index is 12.2. The van der Waals surface area contributed by atoms with E-state index >= 15 is 0 Å². The molecule has 0 radical (unpaired) electrons. The molecule has 8 heteroatoms. The predicted molar refractivity (Wildman–Crippen MR) is 86.7 cm³/mol. The van der Waals surface area contributed by atoms with E-state index in [1.54, 1.807) is 32.1 Å². The molecule has 1 aromatic rings. The first-order chi connectivity index (χ1) is 10.9. The largest absolute Gasteiger partial charge is 0.347 e. The van der Waals surface area contributed by atoms with Gasteiger partial charge in [0.25, 0.3) is 0 Å². The molecular weight excluding hydrogens is 296 g/mol. The van der Waals surface area contributed by atoms with Crippen LogP contribution in [0.5, 0.6) is 0 Å². The van der Waals surface area contributed by atoms with Gasteiger partial charge in [0.1, 0.15) is 11.9 Å². The fourth-order valence-electron chi connectivity index (χ4n) is 2.58. The SMILES string of the molecule is CC(NC(=O)N1CCN(Cc2nccn2C)CC1)C(=O)N(C)C. The van der Waals surface area contributed by atoms with E-state index < -0.39 is 6.04 Å². The zero-order valence-electron chi connectivity index (χ0n) is 14.3. The van der Waals surface area contributed by atoms with E-state index in [0.29, 0.717) is 13.1 Å². The molecule has 128 valence electrons. The number of aromatic nitrogens is 2. The number of hydrogen-bond donors (Lipinski definition) is 1. The van der Waals surface area contributed by atoms with Crippen LogP contribution in [0, 0.1) is 0 Å². The summed E-state index contributed by atoms with van der Waals surface area (Å²) in [7, 11) is 5.35. The fourth-order valence-corrected chi connectivity index (χ4v) is 2.58. The summed E-state index contributed by atoms with van der Waals surface area (Å²) < 4.78 is 2.01. The van der Waals surface area contributed by atoms with Crippen LogP contribution in [0.15, 0.2) is 12.4 Å². The van der Waals surface area contributed by atoms with Crippen molar-refractivity contribution in [2.24, 2.45) is 7.05 Å². The van der Waals surface area contributed by atoms with Gasteiger partial charge in [-0.3, -0.25) is 9.69 Å². The fraction of sp³-hybridized carbons (Fsp3) is 0.667. The normalized spacial score (nSPS) is 17.0. The lowest BCUT2D eigenvalue weighted by Crippen LogP contribution is -2.55. The molecule has 1 saturated heterocycles. The van der Waals surface area contributed by atoms with Gasteiger partial charge in [-0.05, 0) is 6.92 Å². The van der Waals surface area contributed by atoms with Gasteiger partial charge in [-0.25, -0.2) is 9.78 Å². The monoisotopic (exact) mass is 322 g/mol. The lowest BCUT2D eigenvalue weighted by Gasteiger charge is -2.35. The smallest absolute Gasteiger partial charge is 0.318 e. The highest BCUT2D eigenvalue weighted by Gasteiger charge is 2.24. The van der Waals surface area contributed by atoms with E-state index in [-0.39, 0.29) is 11.9 Å². The van der Waals surface area contributed by atoms with Crippen LogP contribution in [-0.2, 0) is 18.4 Å². The van der Waals surface area contributed by atoms with Crippen LogP contribution < -0.4 is 5.32 Å². The van der Waals surface area contributed by atoms with Crippen LogP contribution in [0.3, 0.4) is 0 Å². The molecule has 1 fully saturated rings. The second-order valence-electron chi connectivity index (χ2n) is 6.12. The van der Waals surface area contributed by atoms with Crippen molar-refractivity contribution in [3.05, 3.63) is 18.2 Å². The number of imidazole rings is 1. The highest BCUT2D eigenvalue weighted by atomic mass is 16.2. The highest BCUT2D eigenvalue weighted by molar-refractivity contribution is 5.86.